The van der Waals surface area contributed by atoms with Crippen molar-refractivity contribution in [2.24, 2.45) is 0 Å². The lowest BCUT2D eigenvalue weighted by Gasteiger charge is -2.21. The van der Waals surface area contributed by atoms with E-state index in [2.05, 4.69) is 0 Å². The number of aliphatic hydroxyl groups is 1. The van der Waals surface area contributed by atoms with Crippen LogP contribution in [0, 0.1) is 0 Å². The van der Waals surface area contributed by atoms with Crippen molar-refractivity contribution in [3.63, 3.8) is 0 Å². The molecule has 0 radical (unpaired) electrons. The summed E-state index contributed by atoms with van der Waals surface area (Å²) in [5, 5.41) is 9.11. The van der Waals surface area contributed by atoms with Crippen LogP contribution in [0.2, 0.25) is 0 Å². The summed E-state index contributed by atoms with van der Waals surface area (Å²) in [6, 6.07) is -0.379. The van der Waals surface area contributed by atoms with Gasteiger partial charge in [0.25, 0.3) is 0 Å². The Balaban J connectivity index is 0.000000380. The van der Waals surface area contributed by atoms with E-state index < -0.39 is 5.97 Å². The number of esters is 2. The Labute approximate surface area is 223 Å². The monoisotopic (exact) mass is 540 g/mol. The van der Waals surface area contributed by atoms with Crippen LogP contribution in [0.1, 0.15) is 39.5 Å². The summed E-state index contributed by atoms with van der Waals surface area (Å²) in [4.78, 5) is 58.8. The lowest BCUT2D eigenvalue weighted by molar-refractivity contribution is -0.148. The molecule has 2 heterocycles. The van der Waals surface area contributed by atoms with Gasteiger partial charge in [0.1, 0.15) is 19.5 Å². The molecule has 0 aliphatic carbocycles. The molecule has 2 fully saturated rings. The predicted molar refractivity (Wildman–Crippen MR) is 136 cm³/mol. The summed E-state index contributed by atoms with van der Waals surface area (Å²) in [6.07, 6.45) is 10.1. The number of aldehydes is 1. The molecule has 0 unspecified atom stereocenters. The van der Waals surface area contributed by atoms with Crippen molar-refractivity contribution in [3.8, 4) is 0 Å². The van der Waals surface area contributed by atoms with Crippen molar-refractivity contribution >= 4 is 30.0 Å². The molecule has 2 rings (SSSR count). The first kappa shape index (κ1) is 32.9. The van der Waals surface area contributed by atoms with Gasteiger partial charge in [-0.25, -0.2) is 9.59 Å². The minimum absolute atomic E-state index is 0.00105. The van der Waals surface area contributed by atoms with E-state index in [9.17, 15) is 24.0 Å². The zero-order chi connectivity index (χ0) is 28.2. The number of hydrogen-bond donors (Lipinski definition) is 1. The van der Waals surface area contributed by atoms with Crippen LogP contribution in [0.3, 0.4) is 0 Å². The minimum atomic E-state index is -0.397. The van der Waals surface area contributed by atoms with Gasteiger partial charge in [0, 0.05) is 25.9 Å². The van der Waals surface area contributed by atoms with Gasteiger partial charge in [0.05, 0.1) is 45.1 Å². The van der Waals surface area contributed by atoms with Gasteiger partial charge in [-0.2, -0.15) is 0 Å². The number of ether oxygens (including phenoxy) is 4. The summed E-state index contributed by atoms with van der Waals surface area (Å²) < 4.78 is 19.5. The van der Waals surface area contributed by atoms with Crippen LogP contribution in [0.4, 0.5) is 0 Å². The highest BCUT2D eigenvalue weighted by molar-refractivity contribution is 5.83. The van der Waals surface area contributed by atoms with Crippen LogP contribution in [0.5, 0.6) is 0 Å². The first-order valence-electron chi connectivity index (χ1n) is 12.8. The van der Waals surface area contributed by atoms with Crippen molar-refractivity contribution in [1.82, 2.24) is 9.80 Å². The van der Waals surface area contributed by atoms with E-state index in [1.165, 1.54) is 4.90 Å². The number of carbonyl (C=O) groups excluding carboxylic acids is 5. The molecule has 2 atom stereocenters. The highest BCUT2D eigenvalue weighted by Crippen LogP contribution is 2.18. The van der Waals surface area contributed by atoms with Crippen molar-refractivity contribution in [3.05, 3.63) is 24.3 Å². The van der Waals surface area contributed by atoms with E-state index in [1.807, 2.05) is 0 Å². The largest absolute Gasteiger partial charge is 0.464 e. The molecule has 0 bridgehead atoms. The summed E-state index contributed by atoms with van der Waals surface area (Å²) in [5.41, 5.74) is 0. The van der Waals surface area contributed by atoms with Gasteiger partial charge in [-0.15, -0.1) is 0 Å². The van der Waals surface area contributed by atoms with E-state index in [1.54, 1.807) is 43.1 Å². The zero-order valence-corrected chi connectivity index (χ0v) is 22.2. The maximum absolute atomic E-state index is 11.5. The summed E-state index contributed by atoms with van der Waals surface area (Å²) in [7, 11) is 0. The molecule has 2 aliphatic heterocycles. The Kier molecular flexibility index (Phi) is 17.3. The highest BCUT2D eigenvalue weighted by atomic mass is 16.6. The predicted octanol–water partition coefficient (Wildman–Crippen LogP) is 0.418. The number of amides is 2. The minimum Gasteiger partial charge on any atom is -0.464 e. The molecule has 0 aromatic rings. The van der Waals surface area contributed by atoms with Gasteiger partial charge in [0.15, 0.2) is 0 Å². The van der Waals surface area contributed by atoms with Gasteiger partial charge in [-0.05, 0) is 26.7 Å². The van der Waals surface area contributed by atoms with Crippen molar-refractivity contribution in [2.75, 3.05) is 59.3 Å². The van der Waals surface area contributed by atoms with Gasteiger partial charge >= 0.3 is 11.9 Å². The molecule has 12 heteroatoms. The van der Waals surface area contributed by atoms with Crippen molar-refractivity contribution < 1.29 is 48.0 Å². The Bertz CT molecular complexity index is 814. The second-order valence-electron chi connectivity index (χ2n) is 8.29. The molecule has 12 nitrogen and oxygen atoms in total. The van der Waals surface area contributed by atoms with Gasteiger partial charge < -0.3 is 38.6 Å². The van der Waals surface area contributed by atoms with Crippen LogP contribution < -0.4 is 0 Å². The molecule has 1 N–H and O–H groups in total. The normalized spacial score (nSPS) is 19.2. The number of rotatable bonds is 16. The topological polar surface area (TPSA) is 149 Å². The van der Waals surface area contributed by atoms with E-state index in [4.69, 9.17) is 24.1 Å². The third-order valence-electron chi connectivity index (χ3n) is 5.61. The average Bonchev–Trinajstić information content (AvgIpc) is 3.45. The maximum atomic E-state index is 11.5. The van der Waals surface area contributed by atoms with Gasteiger partial charge in [0.2, 0.25) is 11.8 Å². The van der Waals surface area contributed by atoms with Gasteiger partial charge in [-0.3, -0.25) is 9.59 Å². The second-order valence-corrected chi connectivity index (χ2v) is 8.29. The van der Waals surface area contributed by atoms with E-state index in [0.29, 0.717) is 58.6 Å². The van der Waals surface area contributed by atoms with Crippen LogP contribution in [0.25, 0.3) is 0 Å². The fourth-order valence-electron chi connectivity index (χ4n) is 3.71. The number of likely N-dealkylation sites (tertiary alicyclic amines) is 2. The maximum Gasteiger partial charge on any atom is 0.332 e. The third-order valence-corrected chi connectivity index (χ3v) is 5.61. The van der Waals surface area contributed by atoms with Crippen LogP contribution in [-0.4, -0.2) is 116 Å². The first-order chi connectivity index (χ1) is 18.4. The second kappa shape index (κ2) is 19.9. The van der Waals surface area contributed by atoms with E-state index >= 15 is 0 Å². The molecule has 2 amide bonds. The summed E-state index contributed by atoms with van der Waals surface area (Å²) in [6.45, 7) is 5.42. The molecule has 0 saturated carbocycles. The lowest BCUT2D eigenvalue weighted by atomic mass is 10.2. The van der Waals surface area contributed by atoms with Crippen LogP contribution in [0.15, 0.2) is 24.3 Å². The van der Waals surface area contributed by atoms with Gasteiger partial charge in [-0.1, -0.05) is 24.3 Å². The number of hydrogen-bond acceptors (Lipinski definition) is 10. The molecular formula is C26H40N2O10. The van der Waals surface area contributed by atoms with E-state index in [-0.39, 0.29) is 56.3 Å². The molecule has 0 aromatic heterocycles. The third kappa shape index (κ3) is 12.9. The molecule has 38 heavy (non-hydrogen) atoms. The standard InChI is InChI=1S/C13H21NO5.C13H19NO5/c2*1-2-19-13(17)10-18-8-4-3-7-14-11(9-15)5-6-12(14)16/h3-4,11,15H,2,5-10H2,1H3;3-4,9,11H,2,5-8,10H2,1H3/b2*4-3-/t2*11-/m11/s1. The fraction of sp³-hybridized carbons (Fsp3) is 0.654. The Hall–Kier alpha value is -3.09. The fourth-order valence-corrected chi connectivity index (χ4v) is 3.71. The molecule has 214 valence electrons. The summed E-state index contributed by atoms with van der Waals surface area (Å²) >= 11 is 0. The van der Waals surface area contributed by atoms with Crippen molar-refractivity contribution in [2.45, 2.75) is 51.6 Å². The highest BCUT2D eigenvalue weighted by Gasteiger charge is 2.29. The molecule has 0 aromatic carbocycles. The smallest absolute Gasteiger partial charge is 0.332 e. The SMILES string of the molecule is CCOC(=O)COC/C=C\CN1C(=O)CC[C@@H]1C=O.CCOC(=O)COC/C=C\CN1C(=O)CC[C@@H]1CO. The quantitative estimate of drug-likeness (QED) is 0.126. The molecule has 2 saturated heterocycles. The number of nitrogens with zero attached hydrogens (tertiary/aromatic N) is 2. The molecular weight excluding hydrogens is 500 g/mol. The van der Waals surface area contributed by atoms with Crippen LogP contribution >= 0.6 is 0 Å². The number of aliphatic hydroxyl groups excluding tert-OH is 1. The number of carbonyl (C=O) groups is 5. The van der Waals surface area contributed by atoms with E-state index in [0.717, 1.165) is 6.29 Å². The Morgan fingerprint density at radius 2 is 1.34 bits per heavy atom. The van der Waals surface area contributed by atoms with Crippen molar-refractivity contribution in [1.29, 1.82) is 0 Å². The average molecular weight is 541 g/mol. The summed E-state index contributed by atoms with van der Waals surface area (Å²) in [5.74, 6) is -0.720. The molecule has 0 spiro atoms. The zero-order valence-electron chi connectivity index (χ0n) is 22.2. The van der Waals surface area contributed by atoms with Crippen LogP contribution in [-0.2, 0) is 42.9 Å². The lowest BCUT2D eigenvalue weighted by Crippen LogP contribution is -2.35. The Morgan fingerprint density at radius 3 is 1.84 bits per heavy atom. The Morgan fingerprint density at radius 1 is 0.842 bits per heavy atom. The first-order valence-corrected chi connectivity index (χ1v) is 12.8. The molecule has 2 aliphatic rings.